The van der Waals surface area contributed by atoms with Gasteiger partial charge in [0.15, 0.2) is 5.69 Å². The van der Waals surface area contributed by atoms with Gasteiger partial charge in [0.2, 0.25) is 5.95 Å². The molecule has 0 bridgehead atoms. The molecule has 6 nitrogen and oxygen atoms in total. The number of hydrogen-bond donors (Lipinski definition) is 2. The van der Waals surface area contributed by atoms with E-state index in [9.17, 15) is 13.2 Å². The molecule has 0 radical (unpaired) electrons. The summed E-state index contributed by atoms with van der Waals surface area (Å²) < 4.78 is 38.2. The Morgan fingerprint density at radius 2 is 1.80 bits per heavy atom. The number of halogens is 3. The first-order valence-corrected chi connectivity index (χ1v) is 6.22. The van der Waals surface area contributed by atoms with E-state index in [1.54, 1.807) is 0 Å². The van der Waals surface area contributed by atoms with E-state index < -0.39 is 11.9 Å². The van der Waals surface area contributed by atoms with Crippen LogP contribution in [0.5, 0.6) is 0 Å². The lowest BCUT2D eigenvalue weighted by Crippen LogP contribution is -2.47. The second-order valence-corrected chi connectivity index (χ2v) is 4.61. The number of hydrazine groups is 1. The molecule has 2 N–H and O–H groups in total. The van der Waals surface area contributed by atoms with Crippen LogP contribution in [0.1, 0.15) is 5.69 Å². The van der Waals surface area contributed by atoms with Crippen molar-refractivity contribution < 1.29 is 13.2 Å². The molecule has 112 valence electrons. The van der Waals surface area contributed by atoms with Gasteiger partial charge in [-0.05, 0) is 7.05 Å². The van der Waals surface area contributed by atoms with E-state index in [2.05, 4.69) is 25.6 Å². The van der Waals surface area contributed by atoms with E-state index in [0.717, 1.165) is 32.2 Å². The number of alkyl halides is 3. The summed E-state index contributed by atoms with van der Waals surface area (Å²) in [6, 6.07) is 0.916. The van der Waals surface area contributed by atoms with Gasteiger partial charge in [0.05, 0.1) is 0 Å². The molecule has 1 fully saturated rings. The molecule has 0 aromatic carbocycles. The van der Waals surface area contributed by atoms with Crippen LogP contribution in [-0.4, -0.2) is 60.2 Å². The van der Waals surface area contributed by atoms with E-state index in [-0.39, 0.29) is 11.8 Å². The first-order chi connectivity index (χ1) is 9.38. The Morgan fingerprint density at radius 1 is 1.15 bits per heavy atom. The van der Waals surface area contributed by atoms with Crippen molar-refractivity contribution in [3.63, 3.8) is 0 Å². The van der Waals surface area contributed by atoms with Crippen LogP contribution in [0.3, 0.4) is 0 Å². The number of nitrogens with one attached hydrogen (secondary N) is 2. The van der Waals surface area contributed by atoms with Gasteiger partial charge in [-0.15, -0.1) is 0 Å². The minimum atomic E-state index is -4.49. The quantitative estimate of drug-likeness (QED) is 0.870. The summed E-state index contributed by atoms with van der Waals surface area (Å²) in [4.78, 5) is 9.56. The Hall–Kier alpha value is -1.61. The number of rotatable bonds is 3. The lowest BCUT2D eigenvalue weighted by atomic mass is 10.3. The second kappa shape index (κ2) is 5.80. The molecule has 20 heavy (non-hydrogen) atoms. The van der Waals surface area contributed by atoms with Crippen molar-refractivity contribution in [1.82, 2.24) is 19.9 Å². The van der Waals surface area contributed by atoms with Crippen LogP contribution >= 0.6 is 0 Å². The Kier molecular flexibility index (Phi) is 4.29. The highest BCUT2D eigenvalue weighted by Gasteiger charge is 2.33. The molecule has 0 saturated carbocycles. The van der Waals surface area contributed by atoms with Crippen LogP contribution in [0.4, 0.5) is 24.9 Å². The number of likely N-dealkylation sites (N-methyl/N-ethyl adjacent to an activating group) is 1. The maximum absolute atomic E-state index is 12.7. The van der Waals surface area contributed by atoms with Gasteiger partial charge in [0, 0.05) is 39.3 Å². The van der Waals surface area contributed by atoms with Crippen LogP contribution in [0.2, 0.25) is 0 Å². The van der Waals surface area contributed by atoms with Crippen molar-refractivity contribution in [3.8, 4) is 0 Å². The maximum atomic E-state index is 12.7. The zero-order valence-electron chi connectivity index (χ0n) is 11.3. The Bertz CT molecular complexity index is 456. The highest BCUT2D eigenvalue weighted by Crippen LogP contribution is 2.29. The van der Waals surface area contributed by atoms with Crippen molar-refractivity contribution >= 4 is 11.8 Å². The summed E-state index contributed by atoms with van der Waals surface area (Å²) in [5.41, 5.74) is 1.94. The minimum Gasteiger partial charge on any atom is -0.357 e. The van der Waals surface area contributed by atoms with E-state index >= 15 is 0 Å². The highest BCUT2D eigenvalue weighted by atomic mass is 19.4. The summed E-state index contributed by atoms with van der Waals surface area (Å²) in [7, 11) is 3.48. The molecule has 1 aromatic heterocycles. The third-order valence-electron chi connectivity index (χ3n) is 3.02. The zero-order valence-corrected chi connectivity index (χ0v) is 11.3. The molecular formula is C11H17F3N6. The fourth-order valence-electron chi connectivity index (χ4n) is 1.84. The fourth-order valence-corrected chi connectivity index (χ4v) is 1.84. The van der Waals surface area contributed by atoms with E-state index in [4.69, 9.17) is 0 Å². The average molecular weight is 290 g/mol. The predicted octanol–water partition coefficient (Wildman–Crippen LogP) is 1.11. The van der Waals surface area contributed by atoms with Gasteiger partial charge in [-0.2, -0.15) is 18.2 Å². The van der Waals surface area contributed by atoms with Crippen molar-refractivity contribution in [2.45, 2.75) is 6.18 Å². The standard InChI is InChI=1S/C11H17F3N6/c1-15-10-16-8(11(12,13)14)7-9(17-10)18-20-5-3-19(2)4-6-20/h7H,3-6H2,1-2H3,(H2,15,16,17,18). The summed E-state index contributed by atoms with van der Waals surface area (Å²) >= 11 is 0. The summed E-state index contributed by atoms with van der Waals surface area (Å²) in [5.74, 6) is 0.0812. The number of aromatic nitrogens is 2. The second-order valence-electron chi connectivity index (χ2n) is 4.61. The van der Waals surface area contributed by atoms with Crippen LogP contribution in [-0.2, 0) is 6.18 Å². The van der Waals surface area contributed by atoms with Crippen LogP contribution in [0.15, 0.2) is 6.07 Å². The van der Waals surface area contributed by atoms with Gasteiger partial charge in [-0.25, -0.2) is 9.99 Å². The molecule has 0 amide bonds. The molecule has 0 atom stereocenters. The van der Waals surface area contributed by atoms with Crippen molar-refractivity contribution in [3.05, 3.63) is 11.8 Å². The van der Waals surface area contributed by atoms with E-state index in [0.29, 0.717) is 0 Å². The third kappa shape index (κ3) is 3.70. The summed E-state index contributed by atoms with van der Waals surface area (Å²) in [5, 5.41) is 4.38. The number of anilines is 2. The van der Waals surface area contributed by atoms with Gasteiger partial charge in [-0.1, -0.05) is 0 Å². The average Bonchev–Trinajstić information content (AvgIpc) is 2.40. The zero-order chi connectivity index (χ0) is 14.8. The van der Waals surface area contributed by atoms with Gasteiger partial charge in [-0.3, -0.25) is 0 Å². The molecular weight excluding hydrogens is 273 g/mol. The number of piperazine rings is 1. The molecule has 0 unspecified atom stereocenters. The summed E-state index contributed by atoms with van der Waals surface area (Å²) in [6.45, 7) is 3.14. The van der Waals surface area contributed by atoms with E-state index in [1.807, 2.05) is 12.1 Å². The fraction of sp³-hybridized carbons (Fsp3) is 0.636. The first kappa shape index (κ1) is 14.8. The van der Waals surface area contributed by atoms with Gasteiger partial charge >= 0.3 is 6.18 Å². The normalized spacial score (nSPS) is 18.1. The molecule has 1 aliphatic heterocycles. The lowest BCUT2D eigenvalue weighted by molar-refractivity contribution is -0.141. The van der Waals surface area contributed by atoms with Crippen molar-refractivity contribution in [2.75, 3.05) is 51.0 Å². The predicted molar refractivity (Wildman–Crippen MR) is 69.3 cm³/mol. The maximum Gasteiger partial charge on any atom is 0.433 e. The van der Waals surface area contributed by atoms with Crippen molar-refractivity contribution in [2.24, 2.45) is 0 Å². The first-order valence-electron chi connectivity index (χ1n) is 6.22. The Labute approximate surface area is 115 Å². The SMILES string of the molecule is CNc1nc(NN2CCN(C)CC2)cc(C(F)(F)F)n1. The smallest absolute Gasteiger partial charge is 0.357 e. The molecule has 0 aliphatic carbocycles. The largest absolute Gasteiger partial charge is 0.433 e. The lowest BCUT2D eigenvalue weighted by Gasteiger charge is -2.32. The monoisotopic (exact) mass is 290 g/mol. The number of nitrogens with zero attached hydrogens (tertiary/aromatic N) is 4. The van der Waals surface area contributed by atoms with Gasteiger partial charge in [0.25, 0.3) is 0 Å². The molecule has 1 aromatic rings. The topological polar surface area (TPSA) is 56.3 Å². The highest BCUT2D eigenvalue weighted by molar-refractivity contribution is 5.42. The number of hydrogen-bond acceptors (Lipinski definition) is 6. The van der Waals surface area contributed by atoms with Crippen LogP contribution in [0.25, 0.3) is 0 Å². The third-order valence-corrected chi connectivity index (χ3v) is 3.02. The Balaban J connectivity index is 2.14. The van der Waals surface area contributed by atoms with Crippen LogP contribution in [0, 0.1) is 0 Å². The van der Waals surface area contributed by atoms with Gasteiger partial charge < -0.3 is 15.6 Å². The Morgan fingerprint density at radius 3 is 2.35 bits per heavy atom. The molecule has 2 heterocycles. The van der Waals surface area contributed by atoms with Gasteiger partial charge in [0.1, 0.15) is 5.82 Å². The minimum absolute atomic E-state index is 0.0588. The molecule has 2 rings (SSSR count). The molecule has 0 spiro atoms. The van der Waals surface area contributed by atoms with Crippen LogP contribution < -0.4 is 10.7 Å². The molecule has 1 saturated heterocycles. The van der Waals surface area contributed by atoms with E-state index in [1.165, 1.54) is 7.05 Å². The summed E-state index contributed by atoms with van der Waals surface area (Å²) in [6.07, 6.45) is -4.49. The van der Waals surface area contributed by atoms with Crippen molar-refractivity contribution in [1.29, 1.82) is 0 Å². The molecule has 9 heteroatoms. The molecule has 1 aliphatic rings.